The quantitative estimate of drug-likeness (QED) is 0.440. The van der Waals surface area contributed by atoms with Crippen LogP contribution >= 0.6 is 0 Å². The Morgan fingerprint density at radius 2 is 1.67 bits per heavy atom. The van der Waals surface area contributed by atoms with E-state index in [1.807, 2.05) is 24.5 Å². The molecule has 7 nitrogen and oxygen atoms in total. The van der Waals surface area contributed by atoms with Crippen molar-refractivity contribution in [2.75, 3.05) is 13.1 Å². The Balaban J connectivity index is 1.62. The van der Waals surface area contributed by atoms with Gasteiger partial charge in [0.05, 0.1) is 6.26 Å². The van der Waals surface area contributed by atoms with Gasteiger partial charge in [0.25, 0.3) is 0 Å². The van der Waals surface area contributed by atoms with Crippen LogP contribution in [0.3, 0.4) is 0 Å². The second-order valence-electron chi connectivity index (χ2n) is 7.37. The number of fused-ring (bicyclic) bond motifs is 2. The van der Waals surface area contributed by atoms with E-state index in [9.17, 15) is 9.59 Å². The van der Waals surface area contributed by atoms with Crippen molar-refractivity contribution in [1.29, 1.82) is 0 Å². The minimum absolute atomic E-state index is 0.0311. The maximum Gasteiger partial charge on any atom is 0.216 e. The molecule has 0 unspecified atom stereocenters. The molecule has 4 aromatic rings. The predicted molar refractivity (Wildman–Crippen MR) is 116 cm³/mol. The molecule has 3 aromatic heterocycles. The Labute approximate surface area is 173 Å². The van der Waals surface area contributed by atoms with Crippen molar-refractivity contribution in [3.05, 3.63) is 54.0 Å². The maximum absolute atomic E-state index is 11.1. The molecule has 0 aliphatic heterocycles. The van der Waals surface area contributed by atoms with Gasteiger partial charge in [0.1, 0.15) is 11.2 Å². The van der Waals surface area contributed by atoms with E-state index in [1.54, 1.807) is 6.26 Å². The smallest absolute Gasteiger partial charge is 0.216 e. The first-order valence-corrected chi connectivity index (χ1v) is 9.96. The number of benzene rings is 1. The van der Waals surface area contributed by atoms with E-state index in [4.69, 9.17) is 4.42 Å². The van der Waals surface area contributed by atoms with Gasteiger partial charge in [0.15, 0.2) is 0 Å². The molecule has 2 amide bonds. The van der Waals surface area contributed by atoms with Crippen LogP contribution in [0, 0.1) is 0 Å². The third kappa shape index (κ3) is 4.20. The van der Waals surface area contributed by atoms with Crippen LogP contribution in [-0.2, 0) is 22.4 Å². The summed E-state index contributed by atoms with van der Waals surface area (Å²) in [4.78, 5) is 30.0. The predicted octanol–water partition coefficient (Wildman–Crippen LogP) is 3.33. The van der Waals surface area contributed by atoms with Crippen molar-refractivity contribution in [2.24, 2.45) is 0 Å². The third-order valence-corrected chi connectivity index (χ3v) is 5.14. The van der Waals surface area contributed by atoms with Crippen LogP contribution in [0.2, 0.25) is 0 Å². The van der Waals surface area contributed by atoms with Crippen LogP contribution in [0.1, 0.15) is 25.0 Å². The molecule has 30 heavy (non-hydrogen) atoms. The van der Waals surface area contributed by atoms with E-state index in [1.165, 1.54) is 13.8 Å². The molecule has 0 radical (unpaired) electrons. The van der Waals surface area contributed by atoms with Gasteiger partial charge in [-0.05, 0) is 47.7 Å². The summed E-state index contributed by atoms with van der Waals surface area (Å²) in [5.41, 5.74) is 5.90. The lowest BCUT2D eigenvalue weighted by atomic mass is 10.0. The Morgan fingerprint density at radius 3 is 2.40 bits per heavy atom. The Bertz CT molecular complexity index is 1130. The summed E-state index contributed by atoms with van der Waals surface area (Å²) in [7, 11) is 0. The number of rotatable bonds is 7. The first kappa shape index (κ1) is 19.7. The number of pyridine rings is 1. The molecule has 0 atom stereocenters. The highest BCUT2D eigenvalue weighted by Gasteiger charge is 2.11. The van der Waals surface area contributed by atoms with Crippen LogP contribution in [0.4, 0.5) is 0 Å². The van der Waals surface area contributed by atoms with E-state index in [0.29, 0.717) is 19.5 Å². The topological polar surface area (TPSA) is 100 Å². The van der Waals surface area contributed by atoms with Gasteiger partial charge >= 0.3 is 0 Å². The van der Waals surface area contributed by atoms with Gasteiger partial charge in [0.2, 0.25) is 11.8 Å². The van der Waals surface area contributed by atoms with Gasteiger partial charge < -0.3 is 20.0 Å². The number of furan rings is 1. The molecule has 0 aliphatic rings. The SMILES string of the molecule is CC(=O)NCCc1c[nH]c2ncc(-c3ccc4occ(CCNC(C)=O)c4c3)cc12. The van der Waals surface area contributed by atoms with Crippen LogP contribution in [-0.4, -0.2) is 34.9 Å². The van der Waals surface area contributed by atoms with Crippen molar-refractivity contribution in [3.63, 3.8) is 0 Å². The fourth-order valence-electron chi connectivity index (χ4n) is 3.62. The average molecular weight is 404 g/mol. The summed E-state index contributed by atoms with van der Waals surface area (Å²) in [5, 5.41) is 7.75. The fourth-order valence-corrected chi connectivity index (χ4v) is 3.62. The summed E-state index contributed by atoms with van der Waals surface area (Å²) in [6, 6.07) is 8.22. The molecule has 0 spiro atoms. The van der Waals surface area contributed by atoms with Crippen LogP contribution in [0.5, 0.6) is 0 Å². The number of H-pyrrole nitrogens is 1. The van der Waals surface area contributed by atoms with E-state index >= 15 is 0 Å². The van der Waals surface area contributed by atoms with Crippen LogP contribution in [0.15, 0.2) is 47.3 Å². The monoisotopic (exact) mass is 404 g/mol. The molecule has 0 fully saturated rings. The zero-order valence-electron chi connectivity index (χ0n) is 17.0. The Hall–Kier alpha value is -3.61. The zero-order chi connectivity index (χ0) is 21.1. The first-order valence-electron chi connectivity index (χ1n) is 9.96. The molecule has 0 aliphatic carbocycles. The molecule has 3 heterocycles. The molecule has 154 valence electrons. The third-order valence-electron chi connectivity index (χ3n) is 5.14. The van der Waals surface area contributed by atoms with E-state index in [2.05, 4.69) is 32.7 Å². The molecule has 4 rings (SSSR count). The minimum Gasteiger partial charge on any atom is -0.464 e. The maximum atomic E-state index is 11.1. The van der Waals surface area contributed by atoms with Gasteiger partial charge in [-0.25, -0.2) is 4.98 Å². The Kier molecular flexibility index (Phi) is 5.52. The molecular weight excluding hydrogens is 380 g/mol. The minimum atomic E-state index is -0.0383. The summed E-state index contributed by atoms with van der Waals surface area (Å²) < 4.78 is 5.67. The largest absolute Gasteiger partial charge is 0.464 e. The second-order valence-corrected chi connectivity index (χ2v) is 7.37. The molecule has 0 bridgehead atoms. The lowest BCUT2D eigenvalue weighted by molar-refractivity contribution is -0.119. The summed E-state index contributed by atoms with van der Waals surface area (Å²) in [6.07, 6.45) is 7.00. The number of hydrogen-bond acceptors (Lipinski definition) is 4. The van der Waals surface area contributed by atoms with E-state index in [0.717, 1.165) is 50.7 Å². The van der Waals surface area contributed by atoms with E-state index in [-0.39, 0.29) is 11.8 Å². The number of carbonyl (C=O) groups is 2. The van der Waals surface area contributed by atoms with Gasteiger partial charge in [0, 0.05) is 55.7 Å². The molecular formula is C23H24N4O3. The van der Waals surface area contributed by atoms with Crippen molar-refractivity contribution in [2.45, 2.75) is 26.7 Å². The van der Waals surface area contributed by atoms with Gasteiger partial charge in [-0.2, -0.15) is 0 Å². The normalized spacial score (nSPS) is 11.1. The van der Waals surface area contributed by atoms with E-state index < -0.39 is 0 Å². The number of aromatic amines is 1. The number of hydrogen-bond donors (Lipinski definition) is 3. The standard InChI is InChI=1S/C23H24N4O3/c1-14(28)24-7-5-17-11-26-23-21(17)10-19(12-27-23)16-3-4-22-20(9-16)18(13-30-22)6-8-25-15(2)29/h3-4,9-13H,5-8H2,1-2H3,(H,24,28)(H,25,29)(H,26,27). The number of nitrogens with one attached hydrogen (secondary N) is 3. The average Bonchev–Trinajstić information content (AvgIpc) is 3.31. The van der Waals surface area contributed by atoms with Gasteiger partial charge in [-0.15, -0.1) is 0 Å². The number of aromatic nitrogens is 2. The lowest BCUT2D eigenvalue weighted by Gasteiger charge is -2.05. The number of nitrogens with zero attached hydrogens (tertiary/aromatic N) is 1. The van der Waals surface area contributed by atoms with Gasteiger partial charge in [-0.3, -0.25) is 9.59 Å². The van der Waals surface area contributed by atoms with Crippen LogP contribution < -0.4 is 10.6 Å². The first-order chi connectivity index (χ1) is 14.5. The fraction of sp³-hybridized carbons (Fsp3) is 0.261. The van der Waals surface area contributed by atoms with Crippen molar-refractivity contribution in [1.82, 2.24) is 20.6 Å². The summed E-state index contributed by atoms with van der Waals surface area (Å²) in [6.45, 7) is 4.19. The molecule has 0 saturated carbocycles. The molecule has 0 saturated heterocycles. The highest BCUT2D eigenvalue weighted by molar-refractivity contribution is 5.89. The van der Waals surface area contributed by atoms with Crippen molar-refractivity contribution in [3.8, 4) is 11.1 Å². The Morgan fingerprint density at radius 1 is 0.967 bits per heavy atom. The number of carbonyl (C=O) groups excluding carboxylic acids is 2. The van der Waals surface area contributed by atoms with Crippen molar-refractivity contribution >= 4 is 33.8 Å². The van der Waals surface area contributed by atoms with Crippen LogP contribution in [0.25, 0.3) is 33.1 Å². The molecule has 7 heteroatoms. The highest BCUT2D eigenvalue weighted by atomic mass is 16.3. The lowest BCUT2D eigenvalue weighted by Crippen LogP contribution is -2.22. The van der Waals surface area contributed by atoms with Crippen molar-refractivity contribution < 1.29 is 14.0 Å². The van der Waals surface area contributed by atoms with Gasteiger partial charge in [-0.1, -0.05) is 6.07 Å². The second kappa shape index (κ2) is 8.41. The summed E-state index contributed by atoms with van der Waals surface area (Å²) >= 11 is 0. The number of amides is 2. The molecule has 3 N–H and O–H groups in total. The zero-order valence-corrected chi connectivity index (χ0v) is 17.0. The molecule has 1 aromatic carbocycles. The highest BCUT2D eigenvalue weighted by Crippen LogP contribution is 2.30. The summed E-state index contributed by atoms with van der Waals surface area (Å²) in [5.74, 6) is -0.0694.